The van der Waals surface area contributed by atoms with Gasteiger partial charge in [0, 0.05) is 0 Å². The number of benzene rings is 2. The predicted octanol–water partition coefficient (Wildman–Crippen LogP) is 3.22. The molecule has 3 nitrogen and oxygen atoms in total. The number of para-hydroxylation sites is 2. The van der Waals surface area contributed by atoms with Gasteiger partial charge in [-0.25, -0.2) is 9.37 Å². The molecule has 1 aromatic heterocycles. The van der Waals surface area contributed by atoms with E-state index in [2.05, 4.69) is 4.98 Å². The maximum Gasteiger partial charge on any atom is 0.123 e. The molecule has 3 rings (SSSR count). The molecule has 0 amide bonds. The van der Waals surface area contributed by atoms with Gasteiger partial charge >= 0.3 is 0 Å². The number of nitrogens with zero attached hydrogens (tertiary/aromatic N) is 2. The molecule has 20 heavy (non-hydrogen) atoms. The number of hydrogen-bond donors (Lipinski definition) is 1. The fourth-order valence-electron chi connectivity index (χ4n) is 2.42. The van der Waals surface area contributed by atoms with Crippen LogP contribution >= 0.6 is 0 Å². The van der Waals surface area contributed by atoms with Crippen LogP contribution in [0.25, 0.3) is 11.0 Å². The van der Waals surface area contributed by atoms with Crippen molar-refractivity contribution >= 4 is 11.0 Å². The number of imidazole rings is 1. The summed E-state index contributed by atoms with van der Waals surface area (Å²) >= 11 is 0. The zero-order valence-corrected chi connectivity index (χ0v) is 11.1. The van der Waals surface area contributed by atoms with E-state index in [9.17, 15) is 9.50 Å². The van der Waals surface area contributed by atoms with Crippen molar-refractivity contribution in [3.63, 3.8) is 0 Å². The average molecular weight is 270 g/mol. The van der Waals surface area contributed by atoms with Crippen LogP contribution in [0.3, 0.4) is 0 Å². The highest BCUT2D eigenvalue weighted by Crippen LogP contribution is 2.21. The molecule has 0 bridgehead atoms. The summed E-state index contributed by atoms with van der Waals surface area (Å²) in [6, 6.07) is 13.8. The van der Waals surface area contributed by atoms with Gasteiger partial charge < -0.3 is 9.67 Å². The Balaban J connectivity index is 1.95. The third-order valence-electron chi connectivity index (χ3n) is 3.43. The number of halogens is 1. The van der Waals surface area contributed by atoms with Gasteiger partial charge in [-0.3, -0.25) is 0 Å². The summed E-state index contributed by atoms with van der Waals surface area (Å²) in [4.78, 5) is 4.46. The highest BCUT2D eigenvalue weighted by atomic mass is 19.1. The molecule has 0 fully saturated rings. The number of aryl methyl sites for hydroxylation is 1. The summed E-state index contributed by atoms with van der Waals surface area (Å²) in [7, 11) is 0. The first kappa shape index (κ1) is 12.8. The molecule has 1 N–H and O–H groups in total. The average Bonchev–Trinajstić information content (AvgIpc) is 2.75. The molecule has 0 saturated heterocycles. The van der Waals surface area contributed by atoms with Crippen molar-refractivity contribution in [3.8, 4) is 0 Å². The van der Waals surface area contributed by atoms with Crippen molar-refractivity contribution in [2.45, 2.75) is 19.6 Å². The molecule has 1 atom stereocenters. The summed E-state index contributed by atoms with van der Waals surface area (Å²) in [5.74, 6) is 0.496. The largest absolute Gasteiger partial charge is 0.387 e. The molecule has 1 unspecified atom stereocenters. The Morgan fingerprint density at radius 2 is 2.00 bits per heavy atom. The second-order valence-corrected chi connectivity index (χ2v) is 4.83. The molecular formula is C16H15FN2O. The summed E-state index contributed by atoms with van der Waals surface area (Å²) in [6.45, 7) is 2.26. The van der Waals surface area contributed by atoms with Crippen LogP contribution in [0.4, 0.5) is 4.39 Å². The molecule has 4 heteroatoms. The zero-order chi connectivity index (χ0) is 14.1. The monoisotopic (exact) mass is 270 g/mol. The molecule has 3 aromatic rings. The van der Waals surface area contributed by atoms with E-state index in [-0.39, 0.29) is 5.82 Å². The van der Waals surface area contributed by atoms with Gasteiger partial charge in [0.25, 0.3) is 0 Å². The normalized spacial score (nSPS) is 12.8. The molecule has 0 aliphatic heterocycles. The van der Waals surface area contributed by atoms with E-state index in [0.717, 1.165) is 16.9 Å². The van der Waals surface area contributed by atoms with Crippen molar-refractivity contribution in [1.29, 1.82) is 0 Å². The van der Waals surface area contributed by atoms with E-state index < -0.39 is 6.10 Å². The van der Waals surface area contributed by atoms with Crippen LogP contribution in [-0.4, -0.2) is 14.7 Å². The van der Waals surface area contributed by atoms with Gasteiger partial charge in [0.15, 0.2) is 0 Å². The van der Waals surface area contributed by atoms with E-state index >= 15 is 0 Å². The van der Waals surface area contributed by atoms with Crippen LogP contribution in [0.2, 0.25) is 0 Å². The van der Waals surface area contributed by atoms with Gasteiger partial charge in [-0.2, -0.15) is 0 Å². The van der Waals surface area contributed by atoms with Crippen molar-refractivity contribution in [2.75, 3.05) is 0 Å². The van der Waals surface area contributed by atoms with Crippen LogP contribution in [0.1, 0.15) is 17.5 Å². The SMILES string of the molecule is Cc1nc2ccccc2n1CC(O)c1cccc(F)c1. The van der Waals surface area contributed by atoms with E-state index in [1.807, 2.05) is 35.8 Å². The Labute approximate surface area is 116 Å². The van der Waals surface area contributed by atoms with Crippen LogP contribution in [0, 0.1) is 12.7 Å². The quantitative estimate of drug-likeness (QED) is 0.793. The van der Waals surface area contributed by atoms with Crippen molar-refractivity contribution in [3.05, 3.63) is 65.7 Å². The Bertz CT molecular complexity index is 751. The Morgan fingerprint density at radius 3 is 2.80 bits per heavy atom. The molecule has 102 valence electrons. The van der Waals surface area contributed by atoms with E-state index in [4.69, 9.17) is 0 Å². The standard InChI is InChI=1S/C16H15FN2O/c1-11-18-14-7-2-3-8-15(14)19(11)10-16(20)12-5-4-6-13(17)9-12/h2-9,16,20H,10H2,1H3. The first-order valence-corrected chi connectivity index (χ1v) is 6.50. The number of rotatable bonds is 3. The molecule has 0 saturated carbocycles. The topological polar surface area (TPSA) is 38.0 Å². The van der Waals surface area contributed by atoms with Gasteiger partial charge in [0.1, 0.15) is 11.6 Å². The number of aliphatic hydroxyl groups excluding tert-OH is 1. The first-order chi connectivity index (χ1) is 9.65. The van der Waals surface area contributed by atoms with Crippen LogP contribution in [0.5, 0.6) is 0 Å². The lowest BCUT2D eigenvalue weighted by Gasteiger charge is -2.14. The molecule has 0 aliphatic rings. The minimum Gasteiger partial charge on any atom is -0.387 e. The molecule has 0 aliphatic carbocycles. The van der Waals surface area contributed by atoms with Gasteiger partial charge in [-0.05, 0) is 36.8 Å². The molecule has 0 radical (unpaired) electrons. The third-order valence-corrected chi connectivity index (χ3v) is 3.43. The van der Waals surface area contributed by atoms with E-state index in [1.54, 1.807) is 12.1 Å². The summed E-state index contributed by atoms with van der Waals surface area (Å²) in [5, 5.41) is 10.3. The van der Waals surface area contributed by atoms with Gasteiger partial charge in [0.05, 0.1) is 23.7 Å². The highest BCUT2D eigenvalue weighted by molar-refractivity contribution is 5.75. The van der Waals surface area contributed by atoms with Crippen LogP contribution in [0.15, 0.2) is 48.5 Å². The second kappa shape index (κ2) is 5.06. The Hall–Kier alpha value is -2.20. The van der Waals surface area contributed by atoms with Crippen molar-refractivity contribution in [1.82, 2.24) is 9.55 Å². The second-order valence-electron chi connectivity index (χ2n) is 4.83. The maximum absolute atomic E-state index is 13.2. The number of fused-ring (bicyclic) bond motifs is 1. The summed E-state index contributed by atoms with van der Waals surface area (Å²) in [5.41, 5.74) is 2.44. The van der Waals surface area contributed by atoms with Gasteiger partial charge in [0.2, 0.25) is 0 Å². The van der Waals surface area contributed by atoms with E-state index in [0.29, 0.717) is 12.1 Å². The van der Waals surface area contributed by atoms with Gasteiger partial charge in [-0.1, -0.05) is 24.3 Å². The molecule has 0 spiro atoms. The minimum absolute atomic E-state index is 0.339. The lowest BCUT2D eigenvalue weighted by Crippen LogP contribution is -2.10. The van der Waals surface area contributed by atoms with Crippen molar-refractivity contribution in [2.24, 2.45) is 0 Å². The Morgan fingerprint density at radius 1 is 1.20 bits per heavy atom. The lowest BCUT2D eigenvalue weighted by atomic mass is 10.1. The van der Waals surface area contributed by atoms with Crippen LogP contribution < -0.4 is 0 Å². The molecule has 1 heterocycles. The fraction of sp³-hybridized carbons (Fsp3) is 0.188. The number of aliphatic hydroxyl groups is 1. The van der Waals surface area contributed by atoms with E-state index in [1.165, 1.54) is 12.1 Å². The van der Waals surface area contributed by atoms with Crippen molar-refractivity contribution < 1.29 is 9.50 Å². The minimum atomic E-state index is -0.762. The lowest BCUT2D eigenvalue weighted by molar-refractivity contribution is 0.156. The smallest absolute Gasteiger partial charge is 0.123 e. The third kappa shape index (κ3) is 2.30. The fourth-order valence-corrected chi connectivity index (χ4v) is 2.42. The predicted molar refractivity (Wildman–Crippen MR) is 75.8 cm³/mol. The van der Waals surface area contributed by atoms with Gasteiger partial charge in [-0.15, -0.1) is 0 Å². The number of hydrogen-bond acceptors (Lipinski definition) is 2. The summed E-state index contributed by atoms with van der Waals surface area (Å²) in [6.07, 6.45) is -0.762. The zero-order valence-electron chi connectivity index (χ0n) is 11.1. The summed E-state index contributed by atoms with van der Waals surface area (Å²) < 4.78 is 15.2. The highest BCUT2D eigenvalue weighted by Gasteiger charge is 2.13. The van der Waals surface area contributed by atoms with Crippen LogP contribution in [-0.2, 0) is 6.54 Å². The number of aromatic nitrogens is 2. The Kier molecular flexibility index (Phi) is 3.24. The first-order valence-electron chi connectivity index (χ1n) is 6.50. The molecule has 2 aromatic carbocycles. The maximum atomic E-state index is 13.2. The molecular weight excluding hydrogens is 255 g/mol.